The van der Waals surface area contributed by atoms with Crippen LogP contribution >= 0.6 is 0 Å². The van der Waals surface area contributed by atoms with Crippen molar-refractivity contribution in [1.82, 2.24) is 5.32 Å². The van der Waals surface area contributed by atoms with Crippen LogP contribution in [0.25, 0.3) is 0 Å². The molecule has 0 aliphatic heterocycles. The molecule has 0 bridgehead atoms. The van der Waals surface area contributed by atoms with Crippen LogP contribution in [-0.2, 0) is 4.79 Å². The summed E-state index contributed by atoms with van der Waals surface area (Å²) in [6, 6.07) is 2.55. The summed E-state index contributed by atoms with van der Waals surface area (Å²) in [6.07, 6.45) is 8.05. The molecule has 0 spiro atoms. The maximum absolute atomic E-state index is 12.5. The molecule has 2 fully saturated rings. The van der Waals surface area contributed by atoms with Crippen LogP contribution in [0.15, 0.2) is 0 Å². The minimum absolute atomic E-state index is 0.00956. The van der Waals surface area contributed by atoms with Gasteiger partial charge in [-0.1, -0.05) is 39.5 Å². The molecule has 0 aromatic heterocycles. The average Bonchev–Trinajstić information content (AvgIpc) is 2.69. The first-order valence-electron chi connectivity index (χ1n) is 7.22. The van der Waals surface area contributed by atoms with Gasteiger partial charge in [0.1, 0.15) is 5.41 Å². The molecule has 3 heteroatoms. The second-order valence-corrected chi connectivity index (χ2v) is 6.66. The first-order valence-corrected chi connectivity index (χ1v) is 7.22. The molecule has 100 valence electrons. The van der Waals surface area contributed by atoms with Crippen LogP contribution in [0.2, 0.25) is 0 Å². The van der Waals surface area contributed by atoms with Crippen LogP contribution in [-0.4, -0.2) is 11.9 Å². The van der Waals surface area contributed by atoms with Crippen molar-refractivity contribution in [1.29, 1.82) is 5.26 Å². The van der Waals surface area contributed by atoms with Gasteiger partial charge in [-0.15, -0.1) is 0 Å². The summed E-state index contributed by atoms with van der Waals surface area (Å²) in [4.78, 5) is 12.5. The Morgan fingerprint density at radius 2 is 1.83 bits per heavy atom. The van der Waals surface area contributed by atoms with Gasteiger partial charge in [0, 0.05) is 6.04 Å². The third-order valence-electron chi connectivity index (χ3n) is 4.92. The van der Waals surface area contributed by atoms with Crippen molar-refractivity contribution in [3.05, 3.63) is 0 Å². The molecule has 2 aliphatic rings. The van der Waals surface area contributed by atoms with Gasteiger partial charge in [-0.2, -0.15) is 5.26 Å². The minimum atomic E-state index is -0.739. The molecule has 0 radical (unpaired) electrons. The van der Waals surface area contributed by atoms with Crippen molar-refractivity contribution < 1.29 is 4.79 Å². The molecule has 2 rings (SSSR count). The first-order chi connectivity index (χ1) is 8.50. The predicted molar refractivity (Wildman–Crippen MR) is 70.7 cm³/mol. The summed E-state index contributed by atoms with van der Waals surface area (Å²) in [5, 5.41) is 12.6. The number of hydrogen-bond acceptors (Lipinski definition) is 2. The Morgan fingerprint density at radius 1 is 1.17 bits per heavy atom. The second-order valence-electron chi connectivity index (χ2n) is 6.66. The normalized spacial score (nSPS) is 29.5. The standard InChI is InChI=1S/C15H24N2O/c1-14(2)8-6-7-12(14)17-13(18)15(11-16)9-4-3-5-10-15/h12H,3-10H2,1-2H3,(H,17,18). The van der Waals surface area contributed by atoms with E-state index < -0.39 is 5.41 Å². The second kappa shape index (κ2) is 4.91. The van der Waals surface area contributed by atoms with E-state index in [0.717, 1.165) is 44.9 Å². The lowest BCUT2D eigenvalue weighted by molar-refractivity contribution is -0.131. The summed E-state index contributed by atoms with van der Waals surface area (Å²) in [7, 11) is 0. The first kappa shape index (κ1) is 13.4. The fourth-order valence-electron chi connectivity index (χ4n) is 3.44. The highest BCUT2D eigenvalue weighted by molar-refractivity contribution is 5.85. The topological polar surface area (TPSA) is 52.9 Å². The van der Waals surface area contributed by atoms with Crippen molar-refractivity contribution in [2.45, 2.75) is 71.3 Å². The van der Waals surface area contributed by atoms with E-state index in [-0.39, 0.29) is 17.4 Å². The van der Waals surface area contributed by atoms with Gasteiger partial charge in [-0.3, -0.25) is 4.79 Å². The Balaban J connectivity index is 2.05. The van der Waals surface area contributed by atoms with E-state index in [0.29, 0.717) is 0 Å². The number of rotatable bonds is 2. The molecule has 0 heterocycles. The van der Waals surface area contributed by atoms with Crippen molar-refractivity contribution in [2.24, 2.45) is 10.8 Å². The van der Waals surface area contributed by atoms with Crippen LogP contribution in [0, 0.1) is 22.2 Å². The molecule has 2 aliphatic carbocycles. The Morgan fingerprint density at radius 3 is 2.33 bits per heavy atom. The fraction of sp³-hybridized carbons (Fsp3) is 0.867. The SMILES string of the molecule is CC1(C)CCCC1NC(=O)C1(C#N)CCCCC1. The number of hydrogen-bond donors (Lipinski definition) is 1. The van der Waals surface area contributed by atoms with Gasteiger partial charge in [0.05, 0.1) is 6.07 Å². The highest BCUT2D eigenvalue weighted by Crippen LogP contribution is 2.40. The monoisotopic (exact) mass is 248 g/mol. The number of nitrogens with zero attached hydrogens (tertiary/aromatic N) is 1. The third kappa shape index (κ3) is 2.39. The quantitative estimate of drug-likeness (QED) is 0.816. The van der Waals surface area contributed by atoms with Crippen LogP contribution < -0.4 is 5.32 Å². The Kier molecular flexibility index (Phi) is 3.66. The molecule has 0 saturated heterocycles. The lowest BCUT2D eigenvalue weighted by Crippen LogP contribution is -2.49. The van der Waals surface area contributed by atoms with Crippen molar-refractivity contribution >= 4 is 5.91 Å². The number of carbonyl (C=O) groups excluding carboxylic acids is 1. The molecule has 0 aromatic rings. The van der Waals surface area contributed by atoms with Crippen molar-refractivity contribution in [3.63, 3.8) is 0 Å². The highest BCUT2D eigenvalue weighted by atomic mass is 16.2. The predicted octanol–water partition coefficient (Wildman–Crippen LogP) is 3.16. The van der Waals surface area contributed by atoms with Crippen LogP contribution in [0.5, 0.6) is 0 Å². The van der Waals surface area contributed by atoms with E-state index >= 15 is 0 Å². The Hall–Kier alpha value is -1.04. The van der Waals surface area contributed by atoms with E-state index in [1.807, 2.05) is 0 Å². The van der Waals surface area contributed by atoms with Gasteiger partial charge in [-0.05, 0) is 31.1 Å². The van der Waals surface area contributed by atoms with E-state index in [1.54, 1.807) is 0 Å². The molecule has 1 amide bonds. The molecule has 0 aromatic carbocycles. The van der Waals surface area contributed by atoms with Gasteiger partial charge < -0.3 is 5.32 Å². The number of nitriles is 1. The molecule has 1 unspecified atom stereocenters. The number of carbonyl (C=O) groups is 1. The average molecular weight is 248 g/mol. The van der Waals surface area contributed by atoms with Crippen molar-refractivity contribution in [3.8, 4) is 6.07 Å². The number of nitrogens with one attached hydrogen (secondary N) is 1. The van der Waals surface area contributed by atoms with Gasteiger partial charge >= 0.3 is 0 Å². The molecule has 1 N–H and O–H groups in total. The lowest BCUT2D eigenvalue weighted by Gasteiger charge is -2.34. The Bertz CT molecular complexity index is 361. The maximum atomic E-state index is 12.5. The summed E-state index contributed by atoms with van der Waals surface area (Å²) in [6.45, 7) is 4.43. The third-order valence-corrected chi connectivity index (χ3v) is 4.92. The minimum Gasteiger partial charge on any atom is -0.351 e. The molecule has 1 atom stereocenters. The molecule has 18 heavy (non-hydrogen) atoms. The maximum Gasteiger partial charge on any atom is 0.240 e. The summed E-state index contributed by atoms with van der Waals surface area (Å²) in [5.41, 5.74) is -0.558. The van der Waals surface area contributed by atoms with Crippen molar-refractivity contribution in [2.75, 3.05) is 0 Å². The van der Waals surface area contributed by atoms with E-state index in [2.05, 4.69) is 25.2 Å². The van der Waals surface area contributed by atoms with E-state index in [4.69, 9.17) is 0 Å². The molecular weight excluding hydrogens is 224 g/mol. The van der Waals surface area contributed by atoms with E-state index in [9.17, 15) is 10.1 Å². The van der Waals surface area contributed by atoms with Crippen LogP contribution in [0.4, 0.5) is 0 Å². The van der Waals surface area contributed by atoms with Crippen LogP contribution in [0.1, 0.15) is 65.2 Å². The largest absolute Gasteiger partial charge is 0.351 e. The zero-order chi connectivity index (χ0) is 13.2. The lowest BCUT2D eigenvalue weighted by atomic mass is 9.74. The zero-order valence-electron chi connectivity index (χ0n) is 11.6. The van der Waals surface area contributed by atoms with Gasteiger partial charge in [0.25, 0.3) is 0 Å². The van der Waals surface area contributed by atoms with Gasteiger partial charge in [0.15, 0.2) is 0 Å². The van der Waals surface area contributed by atoms with E-state index in [1.165, 1.54) is 6.42 Å². The molecule has 2 saturated carbocycles. The number of amides is 1. The summed E-state index contributed by atoms with van der Waals surface area (Å²) < 4.78 is 0. The summed E-state index contributed by atoms with van der Waals surface area (Å²) in [5.74, 6) is -0.00956. The highest BCUT2D eigenvalue weighted by Gasteiger charge is 2.43. The Labute approximate surface area is 110 Å². The van der Waals surface area contributed by atoms with Crippen LogP contribution in [0.3, 0.4) is 0 Å². The fourth-order valence-corrected chi connectivity index (χ4v) is 3.44. The molecule has 3 nitrogen and oxygen atoms in total. The molecular formula is C15H24N2O. The summed E-state index contributed by atoms with van der Waals surface area (Å²) >= 11 is 0. The van der Waals surface area contributed by atoms with Gasteiger partial charge in [0.2, 0.25) is 5.91 Å². The smallest absolute Gasteiger partial charge is 0.240 e. The van der Waals surface area contributed by atoms with Gasteiger partial charge in [-0.25, -0.2) is 0 Å². The zero-order valence-corrected chi connectivity index (χ0v) is 11.6.